The Kier molecular flexibility index (Phi) is 6.76. The quantitative estimate of drug-likeness (QED) is 0.759. The Hall–Kier alpha value is -1.30. The SMILES string of the molecule is O=C(NC1CCCC1)N1CCCC(N(CCN2CCCC2)C(=O)C2CCC2)C1. The molecule has 0 radical (unpaired) electrons. The van der Waals surface area contributed by atoms with Crippen LogP contribution in [0.4, 0.5) is 4.79 Å². The lowest BCUT2D eigenvalue weighted by Gasteiger charge is -2.42. The molecule has 6 heteroatoms. The summed E-state index contributed by atoms with van der Waals surface area (Å²) in [4.78, 5) is 32.6. The molecule has 4 fully saturated rings. The van der Waals surface area contributed by atoms with E-state index in [1.165, 1.54) is 45.2 Å². The second-order valence-electron chi connectivity index (χ2n) is 9.38. The normalized spacial score (nSPS) is 27.0. The smallest absolute Gasteiger partial charge is 0.317 e. The molecule has 3 amide bonds. The van der Waals surface area contributed by atoms with Gasteiger partial charge in [0.1, 0.15) is 0 Å². The molecule has 2 aliphatic carbocycles. The van der Waals surface area contributed by atoms with E-state index in [0.717, 1.165) is 58.2 Å². The molecule has 0 spiro atoms. The topological polar surface area (TPSA) is 55.9 Å². The third-order valence-electron chi connectivity index (χ3n) is 7.40. The third kappa shape index (κ3) is 4.81. The molecule has 4 rings (SSSR count). The standard InChI is InChI=1S/C22H38N4O2/c27-21(18-7-5-8-18)26(16-15-24-12-3-4-13-24)20-11-6-14-25(17-20)22(28)23-19-9-1-2-10-19/h18-20H,1-17H2,(H,23,28). The first-order valence-electron chi connectivity index (χ1n) is 11.8. The van der Waals surface area contributed by atoms with Gasteiger partial charge >= 0.3 is 6.03 Å². The van der Waals surface area contributed by atoms with Crippen LogP contribution in [0.5, 0.6) is 0 Å². The minimum Gasteiger partial charge on any atom is -0.336 e. The summed E-state index contributed by atoms with van der Waals surface area (Å²) in [5.41, 5.74) is 0. The van der Waals surface area contributed by atoms with Crippen LogP contribution >= 0.6 is 0 Å². The number of amides is 3. The number of carbonyl (C=O) groups excluding carboxylic acids is 2. The van der Waals surface area contributed by atoms with Crippen LogP contribution in [0.1, 0.15) is 70.6 Å². The van der Waals surface area contributed by atoms with Gasteiger partial charge in [0.25, 0.3) is 0 Å². The second kappa shape index (κ2) is 9.47. The molecule has 1 N–H and O–H groups in total. The highest BCUT2D eigenvalue weighted by Crippen LogP contribution is 2.30. The maximum atomic E-state index is 13.2. The molecule has 6 nitrogen and oxygen atoms in total. The fourth-order valence-electron chi connectivity index (χ4n) is 5.35. The van der Waals surface area contributed by atoms with Gasteiger partial charge in [0.2, 0.25) is 5.91 Å². The summed E-state index contributed by atoms with van der Waals surface area (Å²) in [5, 5.41) is 3.23. The molecule has 0 bridgehead atoms. The van der Waals surface area contributed by atoms with Crippen molar-refractivity contribution in [2.75, 3.05) is 39.3 Å². The Balaban J connectivity index is 1.36. The van der Waals surface area contributed by atoms with Gasteiger partial charge in [-0.05, 0) is 64.5 Å². The van der Waals surface area contributed by atoms with Gasteiger partial charge in [-0.1, -0.05) is 19.3 Å². The Morgan fingerprint density at radius 1 is 0.857 bits per heavy atom. The van der Waals surface area contributed by atoms with E-state index >= 15 is 0 Å². The summed E-state index contributed by atoms with van der Waals surface area (Å²) < 4.78 is 0. The summed E-state index contributed by atoms with van der Waals surface area (Å²) >= 11 is 0. The fraction of sp³-hybridized carbons (Fsp3) is 0.909. The average Bonchev–Trinajstić information content (AvgIpc) is 3.35. The van der Waals surface area contributed by atoms with Crippen molar-refractivity contribution in [3.05, 3.63) is 0 Å². The first-order valence-corrected chi connectivity index (χ1v) is 11.8. The monoisotopic (exact) mass is 390 g/mol. The Morgan fingerprint density at radius 2 is 1.61 bits per heavy atom. The van der Waals surface area contributed by atoms with Crippen LogP contribution in [0, 0.1) is 5.92 Å². The van der Waals surface area contributed by atoms with Gasteiger partial charge in [0.15, 0.2) is 0 Å². The van der Waals surface area contributed by atoms with Gasteiger partial charge in [0, 0.05) is 44.2 Å². The predicted molar refractivity (Wildman–Crippen MR) is 110 cm³/mol. The zero-order valence-corrected chi connectivity index (χ0v) is 17.4. The van der Waals surface area contributed by atoms with E-state index in [9.17, 15) is 9.59 Å². The van der Waals surface area contributed by atoms with Crippen molar-refractivity contribution in [3.63, 3.8) is 0 Å². The summed E-state index contributed by atoms with van der Waals surface area (Å²) in [7, 11) is 0. The predicted octanol–water partition coefficient (Wildman–Crippen LogP) is 2.83. The van der Waals surface area contributed by atoms with Crippen molar-refractivity contribution in [1.29, 1.82) is 0 Å². The van der Waals surface area contributed by atoms with E-state index in [0.29, 0.717) is 18.5 Å². The third-order valence-corrected chi connectivity index (χ3v) is 7.40. The molecule has 0 aromatic carbocycles. The number of rotatable bonds is 6. The summed E-state index contributed by atoms with van der Waals surface area (Å²) in [6.07, 6.45) is 12.6. The Morgan fingerprint density at radius 3 is 2.29 bits per heavy atom. The highest BCUT2D eigenvalue weighted by molar-refractivity contribution is 5.80. The lowest BCUT2D eigenvalue weighted by atomic mass is 9.83. The van der Waals surface area contributed by atoms with Crippen molar-refractivity contribution in [2.45, 2.75) is 82.7 Å². The number of nitrogens with zero attached hydrogens (tertiary/aromatic N) is 3. The van der Waals surface area contributed by atoms with Crippen LogP contribution in [0.15, 0.2) is 0 Å². The zero-order valence-electron chi connectivity index (χ0n) is 17.4. The van der Waals surface area contributed by atoms with Crippen molar-refractivity contribution >= 4 is 11.9 Å². The van der Waals surface area contributed by atoms with Crippen LogP contribution in [-0.4, -0.2) is 78.0 Å². The number of likely N-dealkylation sites (tertiary alicyclic amines) is 2. The molecule has 2 aliphatic heterocycles. The number of carbonyl (C=O) groups is 2. The summed E-state index contributed by atoms with van der Waals surface area (Å²) in [6.45, 7) is 5.70. The van der Waals surface area contributed by atoms with Crippen molar-refractivity contribution in [1.82, 2.24) is 20.0 Å². The molecule has 28 heavy (non-hydrogen) atoms. The molecular weight excluding hydrogens is 352 g/mol. The number of nitrogens with one attached hydrogen (secondary N) is 1. The molecule has 0 aromatic heterocycles. The van der Waals surface area contributed by atoms with Crippen LogP contribution < -0.4 is 5.32 Å². The molecule has 2 saturated carbocycles. The molecule has 2 saturated heterocycles. The molecule has 1 atom stereocenters. The van der Waals surface area contributed by atoms with Gasteiger partial charge in [-0.2, -0.15) is 0 Å². The lowest BCUT2D eigenvalue weighted by Crippen LogP contribution is -2.57. The molecule has 2 heterocycles. The van der Waals surface area contributed by atoms with Crippen LogP contribution in [-0.2, 0) is 4.79 Å². The van der Waals surface area contributed by atoms with Gasteiger partial charge in [0.05, 0.1) is 0 Å². The highest BCUT2D eigenvalue weighted by atomic mass is 16.2. The first kappa shape index (κ1) is 20.0. The van der Waals surface area contributed by atoms with E-state index in [1.54, 1.807) is 0 Å². The fourth-order valence-corrected chi connectivity index (χ4v) is 5.35. The molecule has 0 aromatic rings. The van der Waals surface area contributed by atoms with Crippen molar-refractivity contribution in [3.8, 4) is 0 Å². The molecule has 1 unspecified atom stereocenters. The number of urea groups is 1. The summed E-state index contributed by atoms with van der Waals surface area (Å²) in [5.74, 6) is 0.592. The summed E-state index contributed by atoms with van der Waals surface area (Å²) in [6, 6.07) is 0.640. The number of hydrogen-bond donors (Lipinski definition) is 1. The molecular formula is C22H38N4O2. The maximum Gasteiger partial charge on any atom is 0.317 e. The largest absolute Gasteiger partial charge is 0.336 e. The Bertz CT molecular complexity index is 539. The van der Waals surface area contributed by atoms with E-state index in [-0.39, 0.29) is 18.0 Å². The Labute approximate surface area is 170 Å². The number of hydrogen-bond acceptors (Lipinski definition) is 3. The zero-order chi connectivity index (χ0) is 19.3. The van der Waals surface area contributed by atoms with Gasteiger partial charge in [-0.3, -0.25) is 4.79 Å². The number of piperidine rings is 1. The average molecular weight is 391 g/mol. The van der Waals surface area contributed by atoms with Crippen LogP contribution in [0.25, 0.3) is 0 Å². The highest BCUT2D eigenvalue weighted by Gasteiger charge is 2.36. The van der Waals surface area contributed by atoms with E-state index in [1.807, 2.05) is 4.90 Å². The second-order valence-corrected chi connectivity index (χ2v) is 9.38. The van der Waals surface area contributed by atoms with E-state index in [2.05, 4.69) is 15.1 Å². The lowest BCUT2D eigenvalue weighted by molar-refractivity contribution is -0.141. The molecule has 4 aliphatic rings. The first-order chi connectivity index (χ1) is 13.7. The minimum atomic E-state index is 0.0900. The maximum absolute atomic E-state index is 13.2. The van der Waals surface area contributed by atoms with Gasteiger partial charge < -0.3 is 20.0 Å². The van der Waals surface area contributed by atoms with Crippen molar-refractivity contribution in [2.24, 2.45) is 5.92 Å². The van der Waals surface area contributed by atoms with E-state index < -0.39 is 0 Å². The minimum absolute atomic E-state index is 0.0900. The van der Waals surface area contributed by atoms with Crippen molar-refractivity contribution < 1.29 is 9.59 Å². The van der Waals surface area contributed by atoms with Gasteiger partial charge in [-0.15, -0.1) is 0 Å². The van der Waals surface area contributed by atoms with E-state index in [4.69, 9.17) is 0 Å². The van der Waals surface area contributed by atoms with Crippen LogP contribution in [0.3, 0.4) is 0 Å². The van der Waals surface area contributed by atoms with Gasteiger partial charge in [-0.25, -0.2) is 4.79 Å². The molecule has 158 valence electrons. The van der Waals surface area contributed by atoms with Crippen LogP contribution in [0.2, 0.25) is 0 Å².